The number of anilines is 2. The van der Waals surface area contributed by atoms with Gasteiger partial charge in [-0.3, -0.25) is 0 Å². The van der Waals surface area contributed by atoms with E-state index in [1.54, 1.807) is 6.20 Å². The van der Waals surface area contributed by atoms with E-state index >= 15 is 0 Å². The summed E-state index contributed by atoms with van der Waals surface area (Å²) in [5, 5.41) is 15.4. The smallest absolute Gasteiger partial charge is 0.148 e. The van der Waals surface area contributed by atoms with Crippen molar-refractivity contribution in [3.05, 3.63) is 29.7 Å². The van der Waals surface area contributed by atoms with Gasteiger partial charge in [-0.05, 0) is 26.0 Å². The Hall–Kier alpha value is -2.11. The highest BCUT2D eigenvalue weighted by Crippen LogP contribution is 2.22. The van der Waals surface area contributed by atoms with Gasteiger partial charge in [0, 0.05) is 12.7 Å². The lowest BCUT2D eigenvalue weighted by Gasteiger charge is -2.08. The second-order valence-corrected chi connectivity index (χ2v) is 3.73. The molecule has 0 radical (unpaired) electrons. The fraction of sp³-hybridized carbons (Fsp3) is 0.364. The van der Waals surface area contributed by atoms with E-state index < -0.39 is 0 Å². The van der Waals surface area contributed by atoms with Gasteiger partial charge in [0.1, 0.15) is 5.82 Å². The zero-order valence-electron chi connectivity index (χ0n) is 10.0. The molecule has 0 saturated carbocycles. The Morgan fingerprint density at radius 2 is 2.29 bits per heavy atom. The second-order valence-electron chi connectivity index (χ2n) is 3.73. The molecule has 90 valence electrons. The molecule has 0 aliphatic heterocycles. The molecular weight excluding hydrogens is 216 g/mol. The Kier molecular flexibility index (Phi) is 3.22. The maximum absolute atomic E-state index is 5.96. The van der Waals surface area contributed by atoms with Crippen LogP contribution in [-0.4, -0.2) is 20.0 Å². The molecule has 0 fully saturated rings. The van der Waals surface area contributed by atoms with E-state index in [9.17, 15) is 0 Å². The molecule has 0 atom stereocenters. The van der Waals surface area contributed by atoms with Crippen LogP contribution < -0.4 is 11.1 Å². The molecule has 2 heterocycles. The molecular formula is C11H16N6. The van der Waals surface area contributed by atoms with E-state index in [2.05, 4.69) is 20.6 Å². The van der Waals surface area contributed by atoms with E-state index in [0.717, 1.165) is 23.8 Å². The molecule has 0 spiro atoms. The first-order valence-corrected chi connectivity index (χ1v) is 5.55. The van der Waals surface area contributed by atoms with Crippen LogP contribution in [0.1, 0.15) is 18.3 Å². The third kappa shape index (κ3) is 2.35. The summed E-state index contributed by atoms with van der Waals surface area (Å²) in [6, 6.07) is 3.77. The fourth-order valence-electron chi connectivity index (χ4n) is 1.61. The third-order valence-electron chi connectivity index (χ3n) is 2.54. The summed E-state index contributed by atoms with van der Waals surface area (Å²) >= 11 is 0. The molecule has 2 aromatic rings. The molecule has 0 bridgehead atoms. The Morgan fingerprint density at radius 1 is 1.47 bits per heavy atom. The van der Waals surface area contributed by atoms with E-state index in [1.165, 1.54) is 0 Å². The SMILES string of the molecule is CCn1nc(C)c(N)c1NCc1cccnn1. The number of hydrogen-bond acceptors (Lipinski definition) is 5. The van der Waals surface area contributed by atoms with Crippen molar-refractivity contribution in [3.8, 4) is 0 Å². The lowest BCUT2D eigenvalue weighted by atomic mass is 10.3. The minimum atomic E-state index is 0.586. The topological polar surface area (TPSA) is 81.7 Å². The Balaban J connectivity index is 2.14. The van der Waals surface area contributed by atoms with Crippen LogP contribution in [0.25, 0.3) is 0 Å². The molecule has 0 aromatic carbocycles. The highest BCUT2D eigenvalue weighted by atomic mass is 15.3. The molecule has 0 unspecified atom stereocenters. The first-order valence-electron chi connectivity index (χ1n) is 5.55. The largest absolute Gasteiger partial charge is 0.394 e. The normalized spacial score (nSPS) is 10.5. The van der Waals surface area contributed by atoms with Gasteiger partial charge in [0.25, 0.3) is 0 Å². The van der Waals surface area contributed by atoms with Crippen LogP contribution in [-0.2, 0) is 13.1 Å². The average Bonchev–Trinajstić information content (AvgIpc) is 2.64. The number of nitrogens with zero attached hydrogens (tertiary/aromatic N) is 4. The number of hydrogen-bond donors (Lipinski definition) is 2. The van der Waals surface area contributed by atoms with Gasteiger partial charge in [0.2, 0.25) is 0 Å². The Labute approximate surface area is 99.9 Å². The molecule has 2 rings (SSSR count). The molecule has 0 aliphatic rings. The first-order chi connectivity index (χ1) is 8.22. The van der Waals surface area contributed by atoms with Crippen molar-refractivity contribution in [1.29, 1.82) is 0 Å². The van der Waals surface area contributed by atoms with E-state index in [1.807, 2.05) is 30.7 Å². The van der Waals surface area contributed by atoms with Gasteiger partial charge in [0.05, 0.1) is 23.6 Å². The third-order valence-corrected chi connectivity index (χ3v) is 2.54. The summed E-state index contributed by atoms with van der Waals surface area (Å²) in [6.07, 6.45) is 1.65. The monoisotopic (exact) mass is 232 g/mol. The number of rotatable bonds is 4. The lowest BCUT2D eigenvalue weighted by molar-refractivity contribution is 0.657. The number of aromatic nitrogens is 4. The quantitative estimate of drug-likeness (QED) is 0.827. The summed E-state index contributed by atoms with van der Waals surface area (Å²) in [5.74, 6) is 0.843. The molecule has 3 N–H and O–H groups in total. The predicted octanol–water partition coefficient (Wildman–Crippen LogP) is 1.20. The van der Waals surface area contributed by atoms with Gasteiger partial charge >= 0.3 is 0 Å². The molecule has 17 heavy (non-hydrogen) atoms. The summed E-state index contributed by atoms with van der Waals surface area (Å²) in [7, 11) is 0. The standard InChI is InChI=1S/C11H16N6/c1-3-17-11(10(12)8(2)16-17)13-7-9-5-4-6-14-15-9/h4-6,13H,3,7,12H2,1-2H3. The number of nitrogens with one attached hydrogen (secondary N) is 1. The Morgan fingerprint density at radius 3 is 2.94 bits per heavy atom. The highest BCUT2D eigenvalue weighted by molar-refractivity contribution is 5.64. The van der Waals surface area contributed by atoms with Gasteiger partial charge in [-0.25, -0.2) is 4.68 Å². The number of aryl methyl sites for hydroxylation is 2. The van der Waals surface area contributed by atoms with Crippen molar-refractivity contribution in [2.45, 2.75) is 26.9 Å². The molecule has 6 heteroatoms. The first kappa shape index (κ1) is 11.4. The zero-order chi connectivity index (χ0) is 12.3. The second kappa shape index (κ2) is 4.82. The van der Waals surface area contributed by atoms with Crippen molar-refractivity contribution in [1.82, 2.24) is 20.0 Å². The van der Waals surface area contributed by atoms with Crippen molar-refractivity contribution in [2.75, 3.05) is 11.1 Å². The highest BCUT2D eigenvalue weighted by Gasteiger charge is 2.10. The van der Waals surface area contributed by atoms with Gasteiger partial charge < -0.3 is 11.1 Å². The van der Waals surface area contributed by atoms with Crippen molar-refractivity contribution in [3.63, 3.8) is 0 Å². The predicted molar refractivity (Wildman–Crippen MR) is 66.4 cm³/mol. The van der Waals surface area contributed by atoms with Crippen molar-refractivity contribution < 1.29 is 0 Å². The maximum atomic E-state index is 5.96. The molecule has 0 aliphatic carbocycles. The summed E-state index contributed by atoms with van der Waals surface area (Å²) in [5.41, 5.74) is 8.36. The minimum Gasteiger partial charge on any atom is -0.394 e. The maximum Gasteiger partial charge on any atom is 0.148 e. The van der Waals surface area contributed by atoms with Crippen LogP contribution in [0.2, 0.25) is 0 Å². The van der Waals surface area contributed by atoms with Gasteiger partial charge in [-0.1, -0.05) is 0 Å². The molecule has 0 amide bonds. The number of nitrogens with two attached hydrogens (primary N) is 1. The average molecular weight is 232 g/mol. The number of nitrogen functional groups attached to an aromatic ring is 1. The van der Waals surface area contributed by atoms with E-state index in [4.69, 9.17) is 5.73 Å². The summed E-state index contributed by atoms with van der Waals surface area (Å²) in [4.78, 5) is 0. The zero-order valence-corrected chi connectivity index (χ0v) is 10.0. The van der Waals surface area contributed by atoms with Crippen LogP contribution in [0, 0.1) is 6.92 Å². The summed E-state index contributed by atoms with van der Waals surface area (Å²) < 4.78 is 1.85. The van der Waals surface area contributed by atoms with Gasteiger partial charge in [-0.2, -0.15) is 15.3 Å². The molecule has 0 saturated heterocycles. The van der Waals surface area contributed by atoms with Crippen LogP contribution in [0.4, 0.5) is 11.5 Å². The van der Waals surface area contributed by atoms with Crippen molar-refractivity contribution >= 4 is 11.5 Å². The Bertz CT molecular complexity index is 490. The van der Waals surface area contributed by atoms with E-state index in [-0.39, 0.29) is 0 Å². The van der Waals surface area contributed by atoms with Crippen LogP contribution in [0.3, 0.4) is 0 Å². The van der Waals surface area contributed by atoms with Crippen LogP contribution in [0.15, 0.2) is 18.3 Å². The lowest BCUT2D eigenvalue weighted by Crippen LogP contribution is -2.09. The van der Waals surface area contributed by atoms with Crippen molar-refractivity contribution in [2.24, 2.45) is 0 Å². The van der Waals surface area contributed by atoms with Crippen LogP contribution in [0.5, 0.6) is 0 Å². The fourth-order valence-corrected chi connectivity index (χ4v) is 1.61. The van der Waals surface area contributed by atoms with Gasteiger partial charge in [0.15, 0.2) is 0 Å². The molecule has 2 aromatic heterocycles. The van der Waals surface area contributed by atoms with E-state index in [0.29, 0.717) is 12.2 Å². The van der Waals surface area contributed by atoms with Crippen LogP contribution >= 0.6 is 0 Å². The summed E-state index contributed by atoms with van der Waals surface area (Å²) in [6.45, 7) is 5.29. The molecule has 6 nitrogen and oxygen atoms in total. The minimum absolute atomic E-state index is 0.586. The van der Waals surface area contributed by atoms with Gasteiger partial charge in [-0.15, -0.1) is 0 Å².